The highest BCUT2D eigenvalue weighted by molar-refractivity contribution is 14.0. The molecule has 0 aliphatic heterocycles. The van der Waals surface area contributed by atoms with Crippen LogP contribution in [0.2, 0.25) is 0 Å². The van der Waals surface area contributed by atoms with Crippen LogP contribution in [0.15, 0.2) is 27.8 Å². The number of hydrogen-bond donors (Lipinski definition) is 2. The van der Waals surface area contributed by atoms with Crippen molar-refractivity contribution in [2.75, 3.05) is 7.05 Å². The molecule has 5 heteroatoms. The van der Waals surface area contributed by atoms with Gasteiger partial charge in [-0.05, 0) is 43.7 Å². The standard InChI is InChI=1S/C14H23N3O.HI/c1-11-5-7-12(8-6-11)17-14(15-2)16-10-13-4-3-9-18-13;/h3-4,9,11-12H,5-8,10H2,1-2H3,(H2,15,16,17);1H. The van der Waals surface area contributed by atoms with Crippen LogP contribution in [-0.2, 0) is 6.54 Å². The highest BCUT2D eigenvalue weighted by Crippen LogP contribution is 2.23. The quantitative estimate of drug-likeness (QED) is 0.484. The number of aliphatic imine (C=N–C) groups is 1. The van der Waals surface area contributed by atoms with E-state index in [0.29, 0.717) is 12.6 Å². The zero-order chi connectivity index (χ0) is 12.8. The summed E-state index contributed by atoms with van der Waals surface area (Å²) in [6, 6.07) is 4.42. The molecule has 0 bridgehead atoms. The molecule has 0 spiro atoms. The maximum atomic E-state index is 5.29. The van der Waals surface area contributed by atoms with Crippen molar-refractivity contribution < 1.29 is 4.42 Å². The van der Waals surface area contributed by atoms with Gasteiger partial charge in [0.25, 0.3) is 0 Å². The van der Waals surface area contributed by atoms with Gasteiger partial charge in [0, 0.05) is 13.1 Å². The van der Waals surface area contributed by atoms with Gasteiger partial charge in [-0.15, -0.1) is 24.0 Å². The number of guanidine groups is 1. The summed E-state index contributed by atoms with van der Waals surface area (Å²) in [5.74, 6) is 2.67. The summed E-state index contributed by atoms with van der Waals surface area (Å²) in [6.45, 7) is 3.01. The minimum Gasteiger partial charge on any atom is -0.467 e. The van der Waals surface area contributed by atoms with Gasteiger partial charge in [-0.3, -0.25) is 4.99 Å². The third-order valence-electron chi connectivity index (χ3n) is 3.59. The molecule has 1 fully saturated rings. The van der Waals surface area contributed by atoms with Crippen molar-refractivity contribution in [3.8, 4) is 0 Å². The largest absolute Gasteiger partial charge is 0.467 e. The molecule has 0 aromatic carbocycles. The van der Waals surface area contributed by atoms with Crippen LogP contribution in [0.5, 0.6) is 0 Å². The lowest BCUT2D eigenvalue weighted by Gasteiger charge is -2.28. The molecule has 1 aliphatic carbocycles. The second-order valence-electron chi connectivity index (χ2n) is 5.11. The third kappa shape index (κ3) is 5.42. The third-order valence-corrected chi connectivity index (χ3v) is 3.59. The zero-order valence-electron chi connectivity index (χ0n) is 11.7. The minimum absolute atomic E-state index is 0. The van der Waals surface area contributed by atoms with E-state index in [0.717, 1.165) is 17.6 Å². The summed E-state index contributed by atoms with van der Waals surface area (Å²) in [5.41, 5.74) is 0. The molecule has 0 unspecified atom stereocenters. The van der Waals surface area contributed by atoms with E-state index in [1.807, 2.05) is 19.2 Å². The topological polar surface area (TPSA) is 49.6 Å². The Balaban J connectivity index is 0.00000180. The van der Waals surface area contributed by atoms with Gasteiger partial charge in [0.05, 0.1) is 12.8 Å². The first-order valence-electron chi connectivity index (χ1n) is 6.77. The first-order chi connectivity index (χ1) is 8.78. The first-order valence-corrected chi connectivity index (χ1v) is 6.77. The van der Waals surface area contributed by atoms with Crippen LogP contribution in [0.25, 0.3) is 0 Å². The van der Waals surface area contributed by atoms with Crippen molar-refractivity contribution in [3.63, 3.8) is 0 Å². The van der Waals surface area contributed by atoms with Gasteiger partial charge in [0.2, 0.25) is 0 Å². The molecule has 0 radical (unpaired) electrons. The van der Waals surface area contributed by atoms with Crippen molar-refractivity contribution in [1.29, 1.82) is 0 Å². The van der Waals surface area contributed by atoms with E-state index < -0.39 is 0 Å². The number of rotatable bonds is 3. The summed E-state index contributed by atoms with van der Waals surface area (Å²) in [6.07, 6.45) is 6.79. The van der Waals surface area contributed by atoms with E-state index in [2.05, 4.69) is 22.5 Å². The molecule has 108 valence electrons. The van der Waals surface area contributed by atoms with Gasteiger partial charge in [-0.1, -0.05) is 6.92 Å². The van der Waals surface area contributed by atoms with E-state index in [1.165, 1.54) is 25.7 Å². The van der Waals surface area contributed by atoms with E-state index in [4.69, 9.17) is 4.42 Å². The van der Waals surface area contributed by atoms with Gasteiger partial charge in [0.15, 0.2) is 5.96 Å². The Kier molecular flexibility index (Phi) is 7.27. The van der Waals surface area contributed by atoms with Gasteiger partial charge in [-0.25, -0.2) is 0 Å². The Morgan fingerprint density at radius 2 is 2.11 bits per heavy atom. The van der Waals surface area contributed by atoms with Crippen LogP contribution >= 0.6 is 24.0 Å². The Bertz CT molecular complexity index is 370. The predicted octanol–water partition coefficient (Wildman–Crippen LogP) is 3.14. The highest BCUT2D eigenvalue weighted by atomic mass is 127. The molecule has 1 aliphatic rings. The average Bonchev–Trinajstić information content (AvgIpc) is 2.90. The number of nitrogens with zero attached hydrogens (tertiary/aromatic N) is 1. The Hall–Kier alpha value is -0.720. The molecule has 1 aromatic rings. The molecule has 0 atom stereocenters. The monoisotopic (exact) mass is 377 g/mol. The molecule has 4 nitrogen and oxygen atoms in total. The minimum atomic E-state index is 0. The number of furan rings is 1. The van der Waals surface area contributed by atoms with Crippen LogP contribution < -0.4 is 10.6 Å². The normalized spacial score (nSPS) is 23.6. The van der Waals surface area contributed by atoms with Crippen molar-refractivity contribution >= 4 is 29.9 Å². The van der Waals surface area contributed by atoms with E-state index >= 15 is 0 Å². The highest BCUT2D eigenvalue weighted by Gasteiger charge is 2.18. The molecule has 1 saturated carbocycles. The van der Waals surface area contributed by atoms with Crippen LogP contribution in [0.1, 0.15) is 38.4 Å². The molecular weight excluding hydrogens is 353 g/mol. The van der Waals surface area contributed by atoms with Crippen LogP contribution in [0.4, 0.5) is 0 Å². The second kappa shape index (κ2) is 8.45. The van der Waals surface area contributed by atoms with Crippen molar-refractivity contribution in [1.82, 2.24) is 10.6 Å². The van der Waals surface area contributed by atoms with Crippen LogP contribution in [-0.4, -0.2) is 19.0 Å². The van der Waals surface area contributed by atoms with E-state index in [9.17, 15) is 0 Å². The Morgan fingerprint density at radius 3 is 2.68 bits per heavy atom. The van der Waals surface area contributed by atoms with Gasteiger partial charge >= 0.3 is 0 Å². The SMILES string of the molecule is CN=C(NCc1ccco1)NC1CCC(C)CC1.I. The molecule has 0 saturated heterocycles. The molecule has 1 heterocycles. The molecule has 2 rings (SSSR count). The van der Waals surface area contributed by atoms with E-state index in [1.54, 1.807) is 6.26 Å². The van der Waals surface area contributed by atoms with Crippen LogP contribution in [0.3, 0.4) is 0 Å². The predicted molar refractivity (Wildman–Crippen MR) is 88.9 cm³/mol. The molecule has 19 heavy (non-hydrogen) atoms. The number of nitrogens with one attached hydrogen (secondary N) is 2. The van der Waals surface area contributed by atoms with Gasteiger partial charge < -0.3 is 15.1 Å². The van der Waals surface area contributed by atoms with Crippen molar-refractivity contribution in [2.24, 2.45) is 10.9 Å². The molecule has 0 amide bonds. The zero-order valence-corrected chi connectivity index (χ0v) is 14.0. The molecule has 2 N–H and O–H groups in total. The molecular formula is C14H24IN3O. The van der Waals surface area contributed by atoms with E-state index in [-0.39, 0.29) is 24.0 Å². The summed E-state index contributed by atoms with van der Waals surface area (Å²) < 4.78 is 5.29. The first kappa shape index (κ1) is 16.3. The lowest BCUT2D eigenvalue weighted by Crippen LogP contribution is -2.44. The molecule has 1 aromatic heterocycles. The summed E-state index contributed by atoms with van der Waals surface area (Å²) >= 11 is 0. The van der Waals surface area contributed by atoms with Gasteiger partial charge in [-0.2, -0.15) is 0 Å². The van der Waals surface area contributed by atoms with Crippen molar-refractivity contribution in [3.05, 3.63) is 24.2 Å². The second-order valence-corrected chi connectivity index (χ2v) is 5.11. The lowest BCUT2D eigenvalue weighted by atomic mass is 9.87. The van der Waals surface area contributed by atoms with Gasteiger partial charge in [0.1, 0.15) is 5.76 Å². The lowest BCUT2D eigenvalue weighted by molar-refractivity contribution is 0.329. The number of hydrogen-bond acceptors (Lipinski definition) is 2. The fraction of sp³-hybridized carbons (Fsp3) is 0.643. The smallest absolute Gasteiger partial charge is 0.191 e. The summed E-state index contributed by atoms with van der Waals surface area (Å²) in [4.78, 5) is 4.25. The fourth-order valence-corrected chi connectivity index (χ4v) is 2.38. The maximum absolute atomic E-state index is 5.29. The Morgan fingerprint density at radius 1 is 1.37 bits per heavy atom. The summed E-state index contributed by atoms with van der Waals surface area (Å²) in [7, 11) is 1.81. The number of halogens is 1. The maximum Gasteiger partial charge on any atom is 0.191 e. The Labute approximate surface area is 132 Å². The van der Waals surface area contributed by atoms with Crippen molar-refractivity contribution in [2.45, 2.75) is 45.2 Å². The summed E-state index contributed by atoms with van der Waals surface area (Å²) in [5, 5.41) is 6.76. The average molecular weight is 377 g/mol. The fourth-order valence-electron chi connectivity index (χ4n) is 2.38. The van der Waals surface area contributed by atoms with Crippen LogP contribution in [0, 0.1) is 5.92 Å².